The summed E-state index contributed by atoms with van der Waals surface area (Å²) in [6, 6.07) is 0. The van der Waals surface area contributed by atoms with Crippen LogP contribution in [0, 0.1) is 35.5 Å². The van der Waals surface area contributed by atoms with E-state index >= 15 is 0 Å². The van der Waals surface area contributed by atoms with Gasteiger partial charge in [-0.2, -0.15) is 0 Å². The second kappa shape index (κ2) is 3.46. The van der Waals surface area contributed by atoms with E-state index in [9.17, 15) is 4.39 Å². The molecule has 0 spiro atoms. The minimum atomic E-state index is -0.485. The van der Waals surface area contributed by atoms with Crippen molar-refractivity contribution in [1.29, 1.82) is 0 Å². The Kier molecular flexibility index (Phi) is 2.33. The highest BCUT2D eigenvalue weighted by Crippen LogP contribution is 2.57. The van der Waals surface area contributed by atoms with Gasteiger partial charge in [-0.1, -0.05) is 20.3 Å². The molecule has 7 unspecified atom stereocenters. The van der Waals surface area contributed by atoms with Crippen molar-refractivity contribution < 1.29 is 4.39 Å². The molecule has 0 amide bonds. The molecule has 0 heterocycles. The standard InChI is InChI=1S/C14H23F/c1-8-3-4-10-7-9(2)14(15)12-6-5-11(8)13(10)12/h8-14H,3-7H2,1-2H3. The van der Waals surface area contributed by atoms with Gasteiger partial charge in [-0.15, -0.1) is 0 Å². The van der Waals surface area contributed by atoms with Gasteiger partial charge >= 0.3 is 0 Å². The third-order valence-electron chi connectivity index (χ3n) is 5.72. The fraction of sp³-hybridized carbons (Fsp3) is 1.00. The molecule has 0 bridgehead atoms. The summed E-state index contributed by atoms with van der Waals surface area (Å²) < 4.78 is 14.2. The van der Waals surface area contributed by atoms with Crippen molar-refractivity contribution in [3.8, 4) is 0 Å². The predicted octanol–water partition coefficient (Wildman–Crippen LogP) is 4.05. The van der Waals surface area contributed by atoms with Crippen molar-refractivity contribution >= 4 is 0 Å². The molecule has 0 aromatic rings. The highest BCUT2D eigenvalue weighted by atomic mass is 19.1. The molecule has 3 aliphatic rings. The van der Waals surface area contributed by atoms with E-state index in [0.717, 1.165) is 23.7 Å². The van der Waals surface area contributed by atoms with E-state index in [-0.39, 0.29) is 0 Å². The zero-order valence-corrected chi connectivity index (χ0v) is 9.95. The van der Waals surface area contributed by atoms with Gasteiger partial charge in [0.25, 0.3) is 0 Å². The first-order valence-electron chi connectivity index (χ1n) is 6.82. The minimum Gasteiger partial charge on any atom is -0.247 e. The number of halogens is 1. The van der Waals surface area contributed by atoms with Gasteiger partial charge in [-0.05, 0) is 61.2 Å². The van der Waals surface area contributed by atoms with Gasteiger partial charge in [0.2, 0.25) is 0 Å². The molecule has 0 aromatic heterocycles. The normalized spacial score (nSPS) is 59.0. The third-order valence-corrected chi connectivity index (χ3v) is 5.72. The van der Waals surface area contributed by atoms with Crippen LogP contribution in [0.4, 0.5) is 4.39 Å². The fourth-order valence-electron chi connectivity index (χ4n) is 5.01. The van der Waals surface area contributed by atoms with Gasteiger partial charge in [0.05, 0.1) is 0 Å². The van der Waals surface area contributed by atoms with Crippen molar-refractivity contribution in [2.24, 2.45) is 35.5 Å². The van der Waals surface area contributed by atoms with Crippen molar-refractivity contribution in [3.05, 3.63) is 0 Å². The molecule has 1 heteroatoms. The van der Waals surface area contributed by atoms with Crippen molar-refractivity contribution in [1.82, 2.24) is 0 Å². The summed E-state index contributed by atoms with van der Waals surface area (Å²) in [6.07, 6.45) is 5.98. The van der Waals surface area contributed by atoms with Gasteiger partial charge in [0.15, 0.2) is 0 Å². The van der Waals surface area contributed by atoms with E-state index in [1.807, 2.05) is 0 Å². The Morgan fingerprint density at radius 2 is 1.60 bits per heavy atom. The maximum Gasteiger partial charge on any atom is 0.106 e. The lowest BCUT2D eigenvalue weighted by Crippen LogP contribution is -2.43. The molecule has 0 saturated heterocycles. The molecule has 0 N–H and O–H groups in total. The molecule has 0 aromatic carbocycles. The SMILES string of the molecule is CC1CC2CCC(C)C3CCC(C1F)C23. The van der Waals surface area contributed by atoms with Gasteiger partial charge in [-0.3, -0.25) is 0 Å². The van der Waals surface area contributed by atoms with Crippen molar-refractivity contribution in [2.75, 3.05) is 0 Å². The van der Waals surface area contributed by atoms with Crippen LogP contribution in [-0.4, -0.2) is 6.17 Å². The minimum absolute atomic E-state index is 0.336. The molecule has 0 aliphatic heterocycles. The Balaban J connectivity index is 1.87. The second-order valence-corrected chi connectivity index (χ2v) is 6.45. The van der Waals surface area contributed by atoms with Crippen LogP contribution in [0.15, 0.2) is 0 Å². The van der Waals surface area contributed by atoms with Crippen LogP contribution in [0.1, 0.15) is 46.0 Å². The number of hydrogen-bond acceptors (Lipinski definition) is 0. The molecule has 3 fully saturated rings. The lowest BCUT2D eigenvalue weighted by atomic mass is 9.59. The highest BCUT2D eigenvalue weighted by molar-refractivity contribution is 5.01. The first kappa shape index (κ1) is 10.1. The Bertz CT molecular complexity index is 250. The monoisotopic (exact) mass is 210 g/mol. The molecule has 7 atom stereocenters. The molecule has 3 saturated carbocycles. The van der Waals surface area contributed by atoms with E-state index in [1.54, 1.807) is 0 Å². The lowest BCUT2D eigenvalue weighted by Gasteiger charge is -2.47. The number of hydrogen-bond donors (Lipinski definition) is 0. The molecular weight excluding hydrogens is 187 g/mol. The van der Waals surface area contributed by atoms with Crippen molar-refractivity contribution in [3.63, 3.8) is 0 Å². The summed E-state index contributed by atoms with van der Waals surface area (Å²) >= 11 is 0. The van der Waals surface area contributed by atoms with Gasteiger partial charge in [-0.25, -0.2) is 4.39 Å². The summed E-state index contributed by atoms with van der Waals surface area (Å²) in [6.45, 7) is 4.53. The first-order valence-corrected chi connectivity index (χ1v) is 6.82. The van der Waals surface area contributed by atoms with Gasteiger partial charge in [0.1, 0.15) is 6.17 Å². The number of rotatable bonds is 0. The van der Waals surface area contributed by atoms with Crippen LogP contribution in [-0.2, 0) is 0 Å². The van der Waals surface area contributed by atoms with E-state index in [0.29, 0.717) is 11.8 Å². The zero-order chi connectivity index (χ0) is 10.6. The Morgan fingerprint density at radius 3 is 2.40 bits per heavy atom. The Hall–Kier alpha value is -0.0700. The summed E-state index contributed by atoms with van der Waals surface area (Å²) in [5.74, 6) is 4.16. The molecule has 3 rings (SSSR count). The molecule has 15 heavy (non-hydrogen) atoms. The van der Waals surface area contributed by atoms with Gasteiger partial charge < -0.3 is 0 Å². The second-order valence-electron chi connectivity index (χ2n) is 6.45. The van der Waals surface area contributed by atoms with E-state index in [1.165, 1.54) is 32.1 Å². The average Bonchev–Trinajstić information content (AvgIpc) is 2.65. The smallest absolute Gasteiger partial charge is 0.106 e. The first-order chi connectivity index (χ1) is 7.18. The average molecular weight is 210 g/mol. The van der Waals surface area contributed by atoms with E-state index in [2.05, 4.69) is 13.8 Å². The Labute approximate surface area is 92.6 Å². The quantitative estimate of drug-likeness (QED) is 0.566. The topological polar surface area (TPSA) is 0 Å². The molecule has 86 valence electrons. The van der Waals surface area contributed by atoms with Gasteiger partial charge in [0, 0.05) is 0 Å². The van der Waals surface area contributed by atoms with E-state index < -0.39 is 6.17 Å². The maximum absolute atomic E-state index is 14.2. The summed E-state index contributed by atoms with van der Waals surface area (Å²) in [7, 11) is 0. The lowest BCUT2D eigenvalue weighted by molar-refractivity contribution is -0.0166. The molecular formula is C14H23F. The molecule has 0 nitrogen and oxygen atoms in total. The number of alkyl halides is 1. The zero-order valence-electron chi connectivity index (χ0n) is 9.95. The maximum atomic E-state index is 14.2. The Morgan fingerprint density at radius 1 is 0.867 bits per heavy atom. The van der Waals surface area contributed by atoms with Crippen LogP contribution >= 0.6 is 0 Å². The summed E-state index contributed by atoms with van der Waals surface area (Å²) in [5.41, 5.74) is 0. The van der Waals surface area contributed by atoms with Crippen LogP contribution in [0.3, 0.4) is 0 Å². The molecule has 0 radical (unpaired) electrons. The van der Waals surface area contributed by atoms with Crippen LogP contribution in [0.5, 0.6) is 0 Å². The van der Waals surface area contributed by atoms with E-state index in [4.69, 9.17) is 0 Å². The predicted molar refractivity (Wildman–Crippen MR) is 60.3 cm³/mol. The van der Waals surface area contributed by atoms with Crippen LogP contribution in [0.2, 0.25) is 0 Å². The fourth-order valence-corrected chi connectivity index (χ4v) is 5.01. The largest absolute Gasteiger partial charge is 0.247 e. The van der Waals surface area contributed by atoms with Crippen LogP contribution < -0.4 is 0 Å². The van der Waals surface area contributed by atoms with Crippen molar-refractivity contribution in [2.45, 2.75) is 52.1 Å². The van der Waals surface area contributed by atoms with Crippen LogP contribution in [0.25, 0.3) is 0 Å². The third kappa shape index (κ3) is 1.38. The summed E-state index contributed by atoms with van der Waals surface area (Å²) in [5, 5.41) is 0. The summed E-state index contributed by atoms with van der Waals surface area (Å²) in [4.78, 5) is 0. The highest BCUT2D eigenvalue weighted by Gasteiger charge is 2.52. The molecule has 3 aliphatic carbocycles.